The summed E-state index contributed by atoms with van der Waals surface area (Å²) in [6.07, 6.45) is 1.90. The van der Waals surface area contributed by atoms with Gasteiger partial charge in [0.1, 0.15) is 5.82 Å². The van der Waals surface area contributed by atoms with Crippen molar-refractivity contribution < 1.29 is 0 Å². The fourth-order valence-corrected chi connectivity index (χ4v) is 3.61. The van der Waals surface area contributed by atoms with Gasteiger partial charge in [0.05, 0.1) is 16.4 Å². The van der Waals surface area contributed by atoms with E-state index in [1.54, 1.807) is 0 Å². The van der Waals surface area contributed by atoms with Gasteiger partial charge in [-0.2, -0.15) is 4.98 Å². The topological polar surface area (TPSA) is 93.6 Å². The predicted octanol–water partition coefficient (Wildman–Crippen LogP) is 4.61. The Hall–Kier alpha value is -3.86. The second-order valence-electron chi connectivity index (χ2n) is 6.50. The average molecular weight is 351 g/mol. The van der Waals surface area contributed by atoms with Crippen molar-refractivity contribution in [1.29, 1.82) is 0 Å². The SMILES string of the molecule is Nc1nc(N)c2c(cc(-c3ccc(-c4ccccc4)cc3)c3[nH]ccc32)n1. The first-order chi connectivity index (χ1) is 13.2. The molecule has 5 rings (SSSR count). The van der Waals surface area contributed by atoms with Crippen molar-refractivity contribution >= 4 is 33.6 Å². The number of nitrogens with two attached hydrogens (primary N) is 2. The number of nitrogen functional groups attached to an aromatic ring is 2. The van der Waals surface area contributed by atoms with E-state index in [9.17, 15) is 0 Å². The molecule has 0 unspecified atom stereocenters. The third-order valence-electron chi connectivity index (χ3n) is 4.85. The first kappa shape index (κ1) is 15.4. The molecule has 0 amide bonds. The molecule has 5 aromatic rings. The number of nitrogens with zero attached hydrogens (tertiary/aromatic N) is 2. The van der Waals surface area contributed by atoms with Gasteiger partial charge in [-0.1, -0.05) is 54.6 Å². The molecule has 0 saturated carbocycles. The summed E-state index contributed by atoms with van der Waals surface area (Å²) in [5, 5.41) is 1.82. The van der Waals surface area contributed by atoms with Crippen LogP contribution in [0.2, 0.25) is 0 Å². The first-order valence-electron chi connectivity index (χ1n) is 8.69. The summed E-state index contributed by atoms with van der Waals surface area (Å²) >= 11 is 0. The number of aromatic amines is 1. The number of H-pyrrole nitrogens is 1. The Balaban J connectivity index is 1.71. The van der Waals surface area contributed by atoms with Crippen LogP contribution >= 0.6 is 0 Å². The Morgan fingerprint density at radius 1 is 0.741 bits per heavy atom. The van der Waals surface area contributed by atoms with Crippen LogP contribution in [0.3, 0.4) is 0 Å². The lowest BCUT2D eigenvalue weighted by Gasteiger charge is -2.10. The van der Waals surface area contributed by atoms with Gasteiger partial charge in [-0.15, -0.1) is 0 Å². The van der Waals surface area contributed by atoms with Gasteiger partial charge < -0.3 is 16.5 Å². The van der Waals surface area contributed by atoms with Crippen LogP contribution < -0.4 is 11.5 Å². The highest BCUT2D eigenvalue weighted by atomic mass is 15.0. The van der Waals surface area contributed by atoms with E-state index in [2.05, 4.69) is 51.4 Å². The van der Waals surface area contributed by atoms with Crippen LogP contribution in [-0.4, -0.2) is 15.0 Å². The fourth-order valence-electron chi connectivity index (χ4n) is 3.61. The van der Waals surface area contributed by atoms with Crippen LogP contribution in [0.4, 0.5) is 11.8 Å². The molecule has 0 spiro atoms. The molecule has 0 radical (unpaired) electrons. The Kier molecular flexibility index (Phi) is 3.33. The number of rotatable bonds is 2. The Morgan fingerprint density at radius 3 is 2.22 bits per heavy atom. The molecule has 5 nitrogen and oxygen atoms in total. The van der Waals surface area contributed by atoms with E-state index in [-0.39, 0.29) is 5.95 Å². The van der Waals surface area contributed by atoms with Crippen molar-refractivity contribution in [1.82, 2.24) is 15.0 Å². The molecular formula is C22H17N5. The predicted molar refractivity (Wildman–Crippen MR) is 111 cm³/mol. The minimum Gasteiger partial charge on any atom is -0.383 e. The smallest absolute Gasteiger partial charge is 0.222 e. The summed E-state index contributed by atoms with van der Waals surface area (Å²) < 4.78 is 0. The zero-order chi connectivity index (χ0) is 18.4. The van der Waals surface area contributed by atoms with E-state index in [0.717, 1.165) is 32.9 Å². The summed E-state index contributed by atoms with van der Waals surface area (Å²) in [5.41, 5.74) is 18.2. The summed E-state index contributed by atoms with van der Waals surface area (Å²) in [6.45, 7) is 0. The minimum atomic E-state index is 0.181. The summed E-state index contributed by atoms with van der Waals surface area (Å²) in [4.78, 5) is 11.8. The summed E-state index contributed by atoms with van der Waals surface area (Å²) in [6, 6.07) is 22.8. The lowest BCUT2D eigenvalue weighted by atomic mass is 9.97. The maximum Gasteiger partial charge on any atom is 0.222 e. The Bertz CT molecular complexity index is 1270. The molecular weight excluding hydrogens is 334 g/mol. The molecule has 0 aliphatic carbocycles. The second kappa shape index (κ2) is 5.85. The summed E-state index contributed by atoms with van der Waals surface area (Å²) in [7, 11) is 0. The molecule has 0 atom stereocenters. The van der Waals surface area contributed by atoms with Crippen LogP contribution in [-0.2, 0) is 0 Å². The number of benzene rings is 3. The van der Waals surface area contributed by atoms with Crippen molar-refractivity contribution in [3.8, 4) is 22.3 Å². The number of hydrogen-bond acceptors (Lipinski definition) is 4. The highest BCUT2D eigenvalue weighted by Crippen LogP contribution is 2.36. The van der Waals surface area contributed by atoms with Gasteiger partial charge in [0.2, 0.25) is 5.95 Å². The van der Waals surface area contributed by atoms with Crippen molar-refractivity contribution in [2.45, 2.75) is 0 Å². The number of aromatic nitrogens is 3. The highest BCUT2D eigenvalue weighted by molar-refractivity contribution is 6.15. The van der Waals surface area contributed by atoms with Crippen LogP contribution in [0.5, 0.6) is 0 Å². The zero-order valence-electron chi connectivity index (χ0n) is 14.5. The third-order valence-corrected chi connectivity index (χ3v) is 4.85. The Morgan fingerprint density at radius 2 is 1.44 bits per heavy atom. The van der Waals surface area contributed by atoms with Crippen molar-refractivity contribution in [2.24, 2.45) is 0 Å². The number of hydrogen-bond donors (Lipinski definition) is 3. The van der Waals surface area contributed by atoms with Gasteiger partial charge in [0.25, 0.3) is 0 Å². The van der Waals surface area contributed by atoms with E-state index < -0.39 is 0 Å². The second-order valence-corrected chi connectivity index (χ2v) is 6.50. The standard InChI is InChI=1S/C22H17N5/c23-21-19-16-10-11-25-20(16)17(12-18(19)26-22(24)27-21)15-8-6-14(7-9-15)13-4-2-1-3-5-13/h1-12,25H,(H4,23,24,26,27). The maximum absolute atomic E-state index is 6.11. The normalized spacial score (nSPS) is 11.3. The van der Waals surface area contributed by atoms with E-state index in [4.69, 9.17) is 11.5 Å². The molecule has 27 heavy (non-hydrogen) atoms. The van der Waals surface area contributed by atoms with E-state index >= 15 is 0 Å². The molecule has 0 aliphatic heterocycles. The van der Waals surface area contributed by atoms with Crippen molar-refractivity contribution in [3.05, 3.63) is 72.9 Å². The van der Waals surface area contributed by atoms with Gasteiger partial charge in [-0.3, -0.25) is 0 Å². The maximum atomic E-state index is 6.11. The molecule has 5 heteroatoms. The van der Waals surface area contributed by atoms with Crippen molar-refractivity contribution in [2.75, 3.05) is 11.5 Å². The quantitative estimate of drug-likeness (QED) is 0.433. The van der Waals surface area contributed by atoms with Gasteiger partial charge in [0.15, 0.2) is 0 Å². The van der Waals surface area contributed by atoms with Crippen LogP contribution in [0.25, 0.3) is 44.1 Å². The molecule has 0 fully saturated rings. The Labute approximate surface area is 155 Å². The molecule has 0 bridgehead atoms. The molecule has 130 valence electrons. The summed E-state index contributed by atoms with van der Waals surface area (Å²) in [5.74, 6) is 0.577. The van der Waals surface area contributed by atoms with Crippen LogP contribution in [0.1, 0.15) is 0 Å². The average Bonchev–Trinajstić information content (AvgIpc) is 3.17. The number of anilines is 2. The molecule has 3 aromatic carbocycles. The van der Waals surface area contributed by atoms with E-state index in [0.29, 0.717) is 5.82 Å². The van der Waals surface area contributed by atoms with Crippen LogP contribution in [0.15, 0.2) is 72.9 Å². The molecule has 5 N–H and O–H groups in total. The van der Waals surface area contributed by atoms with E-state index in [1.165, 1.54) is 11.1 Å². The van der Waals surface area contributed by atoms with Gasteiger partial charge in [0, 0.05) is 17.1 Å². The monoisotopic (exact) mass is 351 g/mol. The fraction of sp³-hybridized carbons (Fsp3) is 0. The molecule has 2 aromatic heterocycles. The lowest BCUT2D eigenvalue weighted by Crippen LogP contribution is -2.01. The van der Waals surface area contributed by atoms with Crippen LogP contribution in [0, 0.1) is 0 Å². The first-order valence-corrected chi connectivity index (χ1v) is 8.69. The third kappa shape index (κ3) is 2.48. The van der Waals surface area contributed by atoms with Gasteiger partial charge >= 0.3 is 0 Å². The molecule has 0 saturated heterocycles. The van der Waals surface area contributed by atoms with Crippen molar-refractivity contribution in [3.63, 3.8) is 0 Å². The highest BCUT2D eigenvalue weighted by Gasteiger charge is 2.14. The number of nitrogens with one attached hydrogen (secondary N) is 1. The largest absolute Gasteiger partial charge is 0.383 e. The molecule has 0 aliphatic rings. The number of fused-ring (bicyclic) bond motifs is 3. The molecule has 2 heterocycles. The minimum absolute atomic E-state index is 0.181. The van der Waals surface area contributed by atoms with Gasteiger partial charge in [-0.05, 0) is 28.8 Å². The zero-order valence-corrected chi connectivity index (χ0v) is 14.5. The van der Waals surface area contributed by atoms with E-state index in [1.807, 2.05) is 36.5 Å². The lowest BCUT2D eigenvalue weighted by molar-refractivity contribution is 1.25. The van der Waals surface area contributed by atoms with Gasteiger partial charge in [-0.25, -0.2) is 4.98 Å².